The topological polar surface area (TPSA) is 50.9 Å². The van der Waals surface area contributed by atoms with Gasteiger partial charge in [0.25, 0.3) is 0 Å². The Bertz CT molecular complexity index is 326. The molecular weight excluding hydrogens is 266 g/mol. The number of rotatable bonds is 4. The van der Waals surface area contributed by atoms with E-state index in [1.54, 1.807) is 0 Å². The van der Waals surface area contributed by atoms with Crippen LogP contribution in [0.15, 0.2) is 22.8 Å². The van der Waals surface area contributed by atoms with Crippen LogP contribution < -0.4 is 11.1 Å². The maximum atomic E-state index is 5.76. The van der Waals surface area contributed by atoms with Crippen LogP contribution >= 0.6 is 15.9 Å². The molecule has 1 aromatic rings. The molecule has 2 rings (SSSR count). The van der Waals surface area contributed by atoms with E-state index >= 15 is 0 Å². The van der Waals surface area contributed by atoms with E-state index in [-0.39, 0.29) is 0 Å². The SMILES string of the molecule is NCC1CCCC1CNc1ccc(Br)cn1. The molecule has 2 unspecified atom stereocenters. The number of nitrogens with zero attached hydrogens (tertiary/aromatic N) is 1. The highest BCUT2D eigenvalue weighted by Gasteiger charge is 2.25. The van der Waals surface area contributed by atoms with Crippen molar-refractivity contribution in [2.45, 2.75) is 19.3 Å². The van der Waals surface area contributed by atoms with Gasteiger partial charge < -0.3 is 11.1 Å². The van der Waals surface area contributed by atoms with Gasteiger partial charge in [0.1, 0.15) is 5.82 Å². The summed E-state index contributed by atoms with van der Waals surface area (Å²) < 4.78 is 1.01. The third-order valence-corrected chi connectivity index (χ3v) is 3.86. The maximum absolute atomic E-state index is 5.76. The molecule has 1 fully saturated rings. The fourth-order valence-corrected chi connectivity index (χ4v) is 2.64. The van der Waals surface area contributed by atoms with Crippen LogP contribution in [-0.2, 0) is 0 Å². The van der Waals surface area contributed by atoms with Crippen molar-refractivity contribution < 1.29 is 0 Å². The van der Waals surface area contributed by atoms with Gasteiger partial charge in [-0.3, -0.25) is 0 Å². The van der Waals surface area contributed by atoms with Gasteiger partial charge in [-0.25, -0.2) is 4.98 Å². The van der Waals surface area contributed by atoms with Gasteiger partial charge in [-0.05, 0) is 59.3 Å². The van der Waals surface area contributed by atoms with Crippen molar-refractivity contribution in [2.75, 3.05) is 18.4 Å². The summed E-state index contributed by atoms with van der Waals surface area (Å²) in [6.45, 7) is 1.82. The molecule has 3 N–H and O–H groups in total. The number of hydrogen-bond acceptors (Lipinski definition) is 3. The second-order valence-corrected chi connectivity index (χ2v) is 5.34. The summed E-state index contributed by atoms with van der Waals surface area (Å²) in [6, 6.07) is 4.00. The molecule has 0 radical (unpaired) electrons. The van der Waals surface area contributed by atoms with E-state index in [0.717, 1.165) is 29.3 Å². The first kappa shape index (κ1) is 11.9. The fourth-order valence-electron chi connectivity index (χ4n) is 2.41. The van der Waals surface area contributed by atoms with Crippen LogP contribution in [-0.4, -0.2) is 18.1 Å². The van der Waals surface area contributed by atoms with Gasteiger partial charge in [0.15, 0.2) is 0 Å². The summed E-state index contributed by atoms with van der Waals surface area (Å²) in [6.07, 6.45) is 5.72. The van der Waals surface area contributed by atoms with E-state index in [2.05, 4.69) is 26.2 Å². The average Bonchev–Trinajstić information content (AvgIpc) is 2.76. The Kier molecular flexibility index (Phi) is 4.18. The molecule has 2 atom stereocenters. The zero-order valence-electron chi connectivity index (χ0n) is 9.32. The summed E-state index contributed by atoms with van der Waals surface area (Å²) in [5.74, 6) is 2.37. The van der Waals surface area contributed by atoms with Gasteiger partial charge in [0.05, 0.1) is 0 Å². The predicted octanol–water partition coefficient (Wildman–Crippen LogP) is 2.63. The Hall–Kier alpha value is -0.610. The molecule has 16 heavy (non-hydrogen) atoms. The van der Waals surface area contributed by atoms with Crippen LogP contribution in [0.5, 0.6) is 0 Å². The summed E-state index contributed by atoms with van der Waals surface area (Å²) in [5, 5.41) is 3.39. The highest BCUT2D eigenvalue weighted by atomic mass is 79.9. The fraction of sp³-hybridized carbons (Fsp3) is 0.583. The molecule has 3 nitrogen and oxygen atoms in total. The molecular formula is C12H18BrN3. The molecule has 1 aliphatic carbocycles. The summed E-state index contributed by atoms with van der Waals surface area (Å²) in [7, 11) is 0. The van der Waals surface area contributed by atoms with Crippen molar-refractivity contribution in [1.82, 2.24) is 4.98 Å². The Labute approximate surface area is 105 Å². The normalized spacial score (nSPS) is 24.6. The van der Waals surface area contributed by atoms with Crippen LogP contribution in [0, 0.1) is 11.8 Å². The number of aromatic nitrogens is 1. The lowest BCUT2D eigenvalue weighted by Crippen LogP contribution is -2.24. The smallest absolute Gasteiger partial charge is 0.125 e. The predicted molar refractivity (Wildman–Crippen MR) is 70.3 cm³/mol. The van der Waals surface area contributed by atoms with Gasteiger partial charge in [0, 0.05) is 17.2 Å². The highest BCUT2D eigenvalue weighted by molar-refractivity contribution is 9.10. The largest absolute Gasteiger partial charge is 0.370 e. The van der Waals surface area contributed by atoms with E-state index in [0.29, 0.717) is 5.92 Å². The van der Waals surface area contributed by atoms with Gasteiger partial charge in [-0.15, -0.1) is 0 Å². The molecule has 1 heterocycles. The molecule has 0 aliphatic heterocycles. The number of anilines is 1. The van der Waals surface area contributed by atoms with Crippen molar-refractivity contribution in [3.63, 3.8) is 0 Å². The highest BCUT2D eigenvalue weighted by Crippen LogP contribution is 2.30. The minimum Gasteiger partial charge on any atom is -0.370 e. The second kappa shape index (κ2) is 5.64. The molecule has 1 aliphatic rings. The first-order valence-electron chi connectivity index (χ1n) is 5.85. The third kappa shape index (κ3) is 2.95. The lowest BCUT2D eigenvalue weighted by Gasteiger charge is -2.18. The third-order valence-electron chi connectivity index (χ3n) is 3.39. The Morgan fingerprint density at radius 2 is 2.19 bits per heavy atom. The zero-order chi connectivity index (χ0) is 11.4. The van der Waals surface area contributed by atoms with Crippen molar-refractivity contribution >= 4 is 21.7 Å². The molecule has 0 bridgehead atoms. The molecule has 1 saturated carbocycles. The molecule has 0 saturated heterocycles. The first-order chi connectivity index (χ1) is 7.79. The zero-order valence-corrected chi connectivity index (χ0v) is 10.9. The van der Waals surface area contributed by atoms with Gasteiger partial charge in [-0.1, -0.05) is 6.42 Å². The molecule has 88 valence electrons. The molecule has 0 spiro atoms. The quantitative estimate of drug-likeness (QED) is 0.893. The van der Waals surface area contributed by atoms with E-state index in [1.807, 2.05) is 18.3 Å². The van der Waals surface area contributed by atoms with Crippen molar-refractivity contribution in [2.24, 2.45) is 17.6 Å². The van der Waals surface area contributed by atoms with Gasteiger partial charge in [-0.2, -0.15) is 0 Å². The van der Waals surface area contributed by atoms with E-state index in [1.165, 1.54) is 19.3 Å². The maximum Gasteiger partial charge on any atom is 0.125 e. The first-order valence-corrected chi connectivity index (χ1v) is 6.64. The Balaban J connectivity index is 1.85. The average molecular weight is 284 g/mol. The lowest BCUT2D eigenvalue weighted by molar-refractivity contribution is 0.414. The minimum atomic E-state index is 0.697. The van der Waals surface area contributed by atoms with Crippen LogP contribution in [0.3, 0.4) is 0 Å². The van der Waals surface area contributed by atoms with Crippen molar-refractivity contribution in [1.29, 1.82) is 0 Å². The van der Waals surface area contributed by atoms with Crippen molar-refractivity contribution in [3.05, 3.63) is 22.8 Å². The van der Waals surface area contributed by atoms with Gasteiger partial charge >= 0.3 is 0 Å². The number of pyridine rings is 1. The number of halogens is 1. The van der Waals surface area contributed by atoms with Crippen LogP contribution in [0.25, 0.3) is 0 Å². The number of hydrogen-bond donors (Lipinski definition) is 2. The molecule has 0 aromatic carbocycles. The van der Waals surface area contributed by atoms with Crippen LogP contribution in [0.2, 0.25) is 0 Å². The number of nitrogens with one attached hydrogen (secondary N) is 1. The number of nitrogens with two attached hydrogens (primary N) is 1. The summed E-state index contributed by atoms with van der Waals surface area (Å²) >= 11 is 3.38. The van der Waals surface area contributed by atoms with E-state index < -0.39 is 0 Å². The molecule has 0 amide bonds. The second-order valence-electron chi connectivity index (χ2n) is 4.43. The lowest BCUT2D eigenvalue weighted by atomic mass is 9.96. The Morgan fingerprint density at radius 3 is 2.88 bits per heavy atom. The van der Waals surface area contributed by atoms with Crippen LogP contribution in [0.4, 0.5) is 5.82 Å². The van der Waals surface area contributed by atoms with Crippen molar-refractivity contribution in [3.8, 4) is 0 Å². The van der Waals surface area contributed by atoms with E-state index in [4.69, 9.17) is 5.73 Å². The van der Waals surface area contributed by atoms with E-state index in [9.17, 15) is 0 Å². The van der Waals surface area contributed by atoms with Gasteiger partial charge in [0.2, 0.25) is 0 Å². The summed E-state index contributed by atoms with van der Waals surface area (Å²) in [5.41, 5.74) is 5.76. The molecule has 1 aromatic heterocycles. The van der Waals surface area contributed by atoms with Crippen LogP contribution in [0.1, 0.15) is 19.3 Å². The monoisotopic (exact) mass is 283 g/mol. The summed E-state index contributed by atoms with van der Waals surface area (Å²) in [4.78, 5) is 4.30. The standard InChI is InChI=1S/C12H18BrN3/c13-11-4-5-12(16-8-11)15-7-10-3-1-2-9(10)6-14/h4-5,8-10H,1-3,6-7,14H2,(H,15,16). The minimum absolute atomic E-state index is 0.697. The molecule has 4 heteroatoms. The Morgan fingerprint density at radius 1 is 1.38 bits per heavy atom.